The van der Waals surface area contributed by atoms with Gasteiger partial charge in [-0.05, 0) is 25.7 Å². The summed E-state index contributed by atoms with van der Waals surface area (Å²) in [6.45, 7) is 2.84. The van der Waals surface area contributed by atoms with E-state index in [2.05, 4.69) is 19.1 Å². The molecule has 0 radical (unpaired) electrons. The second-order valence-corrected chi connectivity index (χ2v) is 4.92. The summed E-state index contributed by atoms with van der Waals surface area (Å²) < 4.78 is 5.32. The van der Waals surface area contributed by atoms with Crippen molar-refractivity contribution >= 4 is 5.97 Å². The van der Waals surface area contributed by atoms with E-state index in [1.807, 2.05) is 0 Å². The van der Waals surface area contributed by atoms with Crippen LogP contribution >= 0.6 is 0 Å². The average Bonchev–Trinajstić information content (AvgIpc) is 2.38. The van der Waals surface area contributed by atoms with Crippen LogP contribution in [0.3, 0.4) is 0 Å². The summed E-state index contributed by atoms with van der Waals surface area (Å²) >= 11 is 0. The van der Waals surface area contributed by atoms with E-state index in [0.29, 0.717) is 6.61 Å². The van der Waals surface area contributed by atoms with Crippen molar-refractivity contribution in [2.45, 2.75) is 64.7 Å². The Morgan fingerprint density at radius 1 is 1.18 bits per heavy atom. The van der Waals surface area contributed by atoms with Crippen LogP contribution in [0.4, 0.5) is 0 Å². The summed E-state index contributed by atoms with van der Waals surface area (Å²) in [5.74, 6) is 0.142. The lowest BCUT2D eigenvalue weighted by Crippen LogP contribution is -2.19. The fraction of sp³-hybridized carbons (Fsp3) is 0.800. The standard InChI is InChI=1S/C15H26O2/c1-2-3-4-5-6-10-13-17-15(16)14-11-8-7-9-12-14/h7-8,14H,2-6,9-13H2,1H3. The third-order valence-corrected chi connectivity index (χ3v) is 3.34. The molecule has 1 rings (SSSR count). The Kier molecular flexibility index (Phi) is 7.78. The van der Waals surface area contributed by atoms with Gasteiger partial charge in [0.1, 0.15) is 0 Å². The molecule has 98 valence electrons. The predicted octanol–water partition coefficient (Wildman–Crippen LogP) is 4.25. The fourth-order valence-electron chi connectivity index (χ4n) is 2.18. The number of unbranched alkanes of at least 4 members (excludes halogenated alkanes) is 5. The van der Waals surface area contributed by atoms with Crippen LogP contribution in [0, 0.1) is 5.92 Å². The molecule has 0 heterocycles. The van der Waals surface area contributed by atoms with Gasteiger partial charge in [-0.15, -0.1) is 0 Å². The lowest BCUT2D eigenvalue weighted by molar-refractivity contribution is -0.148. The number of ether oxygens (including phenoxy) is 1. The van der Waals surface area contributed by atoms with E-state index < -0.39 is 0 Å². The minimum Gasteiger partial charge on any atom is -0.465 e. The van der Waals surface area contributed by atoms with Gasteiger partial charge in [-0.25, -0.2) is 0 Å². The Morgan fingerprint density at radius 2 is 1.94 bits per heavy atom. The van der Waals surface area contributed by atoms with Gasteiger partial charge in [0.05, 0.1) is 12.5 Å². The second-order valence-electron chi connectivity index (χ2n) is 4.92. The van der Waals surface area contributed by atoms with Crippen LogP contribution in [0.25, 0.3) is 0 Å². The summed E-state index contributed by atoms with van der Waals surface area (Å²) in [7, 11) is 0. The van der Waals surface area contributed by atoms with Gasteiger partial charge in [0.2, 0.25) is 0 Å². The van der Waals surface area contributed by atoms with Gasteiger partial charge < -0.3 is 4.74 Å². The molecular weight excluding hydrogens is 212 g/mol. The highest BCUT2D eigenvalue weighted by molar-refractivity contribution is 5.72. The van der Waals surface area contributed by atoms with E-state index in [1.165, 1.54) is 32.1 Å². The number of allylic oxidation sites excluding steroid dienone is 2. The topological polar surface area (TPSA) is 26.3 Å². The Labute approximate surface area is 105 Å². The number of hydrogen-bond acceptors (Lipinski definition) is 2. The molecule has 2 heteroatoms. The molecule has 0 N–H and O–H groups in total. The molecule has 1 unspecified atom stereocenters. The molecule has 0 aliphatic heterocycles. The van der Waals surface area contributed by atoms with E-state index in [9.17, 15) is 4.79 Å². The van der Waals surface area contributed by atoms with Gasteiger partial charge in [-0.2, -0.15) is 0 Å². The Bertz CT molecular complexity index is 233. The summed E-state index contributed by atoms with van der Waals surface area (Å²) in [6.07, 6.45) is 14.5. The highest BCUT2D eigenvalue weighted by Crippen LogP contribution is 2.19. The predicted molar refractivity (Wildman–Crippen MR) is 70.8 cm³/mol. The van der Waals surface area contributed by atoms with Crippen LogP contribution in [0.2, 0.25) is 0 Å². The summed E-state index contributed by atoms with van der Waals surface area (Å²) in [6, 6.07) is 0. The zero-order valence-electron chi connectivity index (χ0n) is 11.1. The first-order chi connectivity index (χ1) is 8.34. The van der Waals surface area contributed by atoms with E-state index >= 15 is 0 Å². The smallest absolute Gasteiger partial charge is 0.309 e. The molecule has 0 saturated heterocycles. The first-order valence-electron chi connectivity index (χ1n) is 7.16. The van der Waals surface area contributed by atoms with Crippen molar-refractivity contribution in [3.8, 4) is 0 Å². The molecule has 2 nitrogen and oxygen atoms in total. The SMILES string of the molecule is CCCCCCCCOC(=O)C1CC=CCC1. The monoisotopic (exact) mass is 238 g/mol. The number of rotatable bonds is 8. The normalized spacial score (nSPS) is 19.2. The Hall–Kier alpha value is -0.790. The number of hydrogen-bond donors (Lipinski definition) is 0. The van der Waals surface area contributed by atoms with Crippen molar-refractivity contribution in [1.29, 1.82) is 0 Å². The molecule has 1 aliphatic carbocycles. The van der Waals surface area contributed by atoms with Crippen molar-refractivity contribution in [3.63, 3.8) is 0 Å². The number of esters is 1. The highest BCUT2D eigenvalue weighted by atomic mass is 16.5. The third-order valence-electron chi connectivity index (χ3n) is 3.34. The quantitative estimate of drug-likeness (QED) is 0.359. The second kappa shape index (κ2) is 9.26. The minimum atomic E-state index is 0.0166. The van der Waals surface area contributed by atoms with Gasteiger partial charge in [0, 0.05) is 0 Å². The summed E-state index contributed by atoms with van der Waals surface area (Å²) in [5, 5.41) is 0. The molecule has 0 aromatic carbocycles. The van der Waals surface area contributed by atoms with Crippen molar-refractivity contribution < 1.29 is 9.53 Å². The first kappa shape index (κ1) is 14.3. The number of carbonyl (C=O) groups is 1. The molecule has 0 fully saturated rings. The maximum Gasteiger partial charge on any atom is 0.309 e. The first-order valence-corrected chi connectivity index (χ1v) is 7.16. The highest BCUT2D eigenvalue weighted by Gasteiger charge is 2.19. The van der Waals surface area contributed by atoms with Crippen LogP contribution < -0.4 is 0 Å². The lowest BCUT2D eigenvalue weighted by atomic mass is 9.95. The lowest BCUT2D eigenvalue weighted by Gasteiger charge is -2.16. The van der Waals surface area contributed by atoms with Crippen LogP contribution in [0.5, 0.6) is 0 Å². The van der Waals surface area contributed by atoms with E-state index in [1.54, 1.807) is 0 Å². The van der Waals surface area contributed by atoms with Crippen molar-refractivity contribution in [2.75, 3.05) is 6.61 Å². The molecular formula is C15H26O2. The average molecular weight is 238 g/mol. The van der Waals surface area contributed by atoms with E-state index in [0.717, 1.165) is 25.7 Å². The molecule has 0 spiro atoms. The van der Waals surface area contributed by atoms with Crippen LogP contribution in [-0.4, -0.2) is 12.6 Å². The van der Waals surface area contributed by atoms with Gasteiger partial charge in [0.15, 0.2) is 0 Å². The van der Waals surface area contributed by atoms with Gasteiger partial charge in [0.25, 0.3) is 0 Å². The largest absolute Gasteiger partial charge is 0.465 e. The summed E-state index contributed by atoms with van der Waals surface area (Å²) in [5.41, 5.74) is 0. The molecule has 0 saturated carbocycles. The fourth-order valence-corrected chi connectivity index (χ4v) is 2.18. The molecule has 1 atom stereocenters. The van der Waals surface area contributed by atoms with E-state index in [-0.39, 0.29) is 11.9 Å². The van der Waals surface area contributed by atoms with Crippen molar-refractivity contribution in [2.24, 2.45) is 5.92 Å². The van der Waals surface area contributed by atoms with Gasteiger partial charge in [-0.1, -0.05) is 51.2 Å². The van der Waals surface area contributed by atoms with Crippen LogP contribution in [0.1, 0.15) is 64.7 Å². The minimum absolute atomic E-state index is 0.0166. The maximum atomic E-state index is 11.7. The number of carbonyl (C=O) groups excluding carboxylic acids is 1. The van der Waals surface area contributed by atoms with E-state index in [4.69, 9.17) is 4.74 Å². The van der Waals surface area contributed by atoms with Crippen LogP contribution in [-0.2, 0) is 9.53 Å². The summed E-state index contributed by atoms with van der Waals surface area (Å²) in [4.78, 5) is 11.7. The zero-order valence-corrected chi connectivity index (χ0v) is 11.1. The van der Waals surface area contributed by atoms with Gasteiger partial charge >= 0.3 is 5.97 Å². The zero-order chi connectivity index (χ0) is 12.3. The maximum absolute atomic E-state index is 11.7. The molecule has 0 aromatic rings. The molecule has 1 aliphatic rings. The Balaban J connectivity index is 1.95. The molecule has 0 amide bonds. The van der Waals surface area contributed by atoms with Crippen LogP contribution in [0.15, 0.2) is 12.2 Å². The Morgan fingerprint density at radius 3 is 2.65 bits per heavy atom. The third kappa shape index (κ3) is 6.50. The molecule has 0 aromatic heterocycles. The molecule has 17 heavy (non-hydrogen) atoms. The van der Waals surface area contributed by atoms with Crippen molar-refractivity contribution in [1.82, 2.24) is 0 Å². The van der Waals surface area contributed by atoms with Crippen molar-refractivity contribution in [3.05, 3.63) is 12.2 Å². The molecule has 0 bridgehead atoms. The van der Waals surface area contributed by atoms with Gasteiger partial charge in [-0.3, -0.25) is 4.79 Å².